The van der Waals surface area contributed by atoms with Crippen molar-refractivity contribution in [1.82, 2.24) is 0 Å². The summed E-state index contributed by atoms with van der Waals surface area (Å²) in [6.45, 7) is 2.14. The first-order valence-corrected chi connectivity index (χ1v) is 6.37. The summed E-state index contributed by atoms with van der Waals surface area (Å²) in [5.41, 5.74) is 1.35. The first kappa shape index (κ1) is 12.1. The van der Waals surface area contributed by atoms with Gasteiger partial charge in [0.25, 0.3) is 0 Å². The highest BCUT2D eigenvalue weighted by atomic mass is 32.8. The maximum atomic E-state index is 8.93. The van der Waals surface area contributed by atoms with Crippen molar-refractivity contribution < 1.29 is 8.76 Å². The molecule has 4 heteroatoms. The molecule has 2 aromatic carbocycles. The SMILES string of the molecule is Cc1cccc2ccccc12.O=[S-](O)=S. The summed E-state index contributed by atoms with van der Waals surface area (Å²) in [5, 5.41) is 2.68. The number of benzene rings is 2. The van der Waals surface area contributed by atoms with Crippen LogP contribution in [0.2, 0.25) is 0 Å². The lowest BCUT2D eigenvalue weighted by atomic mass is 10.1. The number of aryl methyl sites for hydroxylation is 1. The molecule has 2 nitrogen and oxygen atoms in total. The normalized spacial score (nSPS) is 9.80. The molecule has 15 heavy (non-hydrogen) atoms. The number of hydrogen-bond donors (Lipinski definition) is 1. The van der Waals surface area contributed by atoms with Gasteiger partial charge < -0.3 is 8.76 Å². The predicted octanol–water partition coefficient (Wildman–Crippen LogP) is 3.03. The third kappa shape index (κ3) is 3.95. The molecule has 0 saturated carbocycles. The van der Waals surface area contributed by atoms with Gasteiger partial charge in [-0.15, -0.1) is 0 Å². The fourth-order valence-corrected chi connectivity index (χ4v) is 1.39. The zero-order chi connectivity index (χ0) is 11.3. The molecule has 2 aromatic rings. The monoisotopic (exact) mass is 239 g/mol. The number of rotatable bonds is 0. The Bertz CT molecular complexity index is 505. The first-order chi connectivity index (χ1) is 7.11. The third-order valence-corrected chi connectivity index (χ3v) is 2.01. The minimum atomic E-state index is -2.03. The van der Waals surface area contributed by atoms with Gasteiger partial charge in [0.2, 0.25) is 0 Å². The standard InChI is InChI=1S/C11H10.HO2S2/c1-9-5-4-7-10-6-2-3-8-11(9)10;1-4(2)3/h2-8H,1H3;(H,1,2,3)/q;-1. The minimum Gasteiger partial charge on any atom is -0.459 e. The van der Waals surface area contributed by atoms with E-state index in [4.69, 9.17) is 8.76 Å². The molecule has 0 atom stereocenters. The second kappa shape index (κ2) is 5.80. The van der Waals surface area contributed by atoms with Crippen LogP contribution in [-0.4, -0.2) is 4.55 Å². The zero-order valence-electron chi connectivity index (χ0n) is 8.21. The van der Waals surface area contributed by atoms with Crippen molar-refractivity contribution in [3.8, 4) is 0 Å². The summed E-state index contributed by atoms with van der Waals surface area (Å²) in [7, 11) is -2.03. The average Bonchev–Trinajstić information content (AvgIpc) is 2.18. The average molecular weight is 239 g/mol. The second-order valence-corrected chi connectivity index (χ2v) is 4.30. The van der Waals surface area contributed by atoms with Crippen LogP contribution in [0.25, 0.3) is 10.8 Å². The Balaban J connectivity index is 0.000000245. The fourth-order valence-electron chi connectivity index (χ4n) is 1.39. The van der Waals surface area contributed by atoms with Crippen LogP contribution in [0, 0.1) is 6.92 Å². The van der Waals surface area contributed by atoms with Gasteiger partial charge >= 0.3 is 0 Å². The number of hydrogen-bond acceptors (Lipinski definition) is 3. The molecule has 0 aliphatic heterocycles. The third-order valence-electron chi connectivity index (χ3n) is 2.01. The summed E-state index contributed by atoms with van der Waals surface area (Å²) in [4.78, 5) is 0. The molecule has 1 N–H and O–H groups in total. The van der Waals surface area contributed by atoms with E-state index in [0.29, 0.717) is 0 Å². The molecular formula is C11H11O2S2-. The molecular weight excluding hydrogens is 228 g/mol. The summed E-state index contributed by atoms with van der Waals surface area (Å²) in [6, 6.07) is 14.8. The maximum Gasteiger partial charge on any atom is -0.0155 e. The summed E-state index contributed by atoms with van der Waals surface area (Å²) in [5.74, 6) is 0. The molecule has 0 spiro atoms. The van der Waals surface area contributed by atoms with E-state index >= 15 is 0 Å². The summed E-state index contributed by atoms with van der Waals surface area (Å²) < 4.78 is 16.3. The highest BCUT2D eigenvalue weighted by molar-refractivity contribution is 8.18. The van der Waals surface area contributed by atoms with E-state index in [-0.39, 0.29) is 0 Å². The van der Waals surface area contributed by atoms with Gasteiger partial charge in [-0.25, -0.2) is 11.2 Å². The van der Waals surface area contributed by atoms with E-state index in [9.17, 15) is 0 Å². The van der Waals surface area contributed by atoms with Crippen molar-refractivity contribution in [1.29, 1.82) is 0 Å². The Morgan fingerprint density at radius 2 is 1.67 bits per heavy atom. The number of fused-ring (bicyclic) bond motifs is 1. The molecule has 0 heterocycles. The van der Waals surface area contributed by atoms with E-state index < -0.39 is 9.64 Å². The van der Waals surface area contributed by atoms with E-state index in [1.807, 2.05) is 0 Å². The van der Waals surface area contributed by atoms with Gasteiger partial charge in [0, 0.05) is 0 Å². The van der Waals surface area contributed by atoms with Gasteiger partial charge in [0.05, 0.1) is 0 Å². The van der Waals surface area contributed by atoms with Crippen LogP contribution in [0.4, 0.5) is 0 Å². The Hall–Kier alpha value is -0.970. The van der Waals surface area contributed by atoms with E-state index in [1.165, 1.54) is 16.3 Å². The van der Waals surface area contributed by atoms with Crippen LogP contribution in [-0.2, 0) is 25.0 Å². The van der Waals surface area contributed by atoms with Crippen molar-refractivity contribution in [3.05, 3.63) is 48.0 Å². The van der Waals surface area contributed by atoms with Crippen molar-refractivity contribution in [2.24, 2.45) is 0 Å². The van der Waals surface area contributed by atoms with Gasteiger partial charge in [-0.05, 0) is 23.3 Å². The molecule has 0 unspecified atom stereocenters. The van der Waals surface area contributed by atoms with Crippen LogP contribution >= 0.6 is 0 Å². The van der Waals surface area contributed by atoms with Crippen LogP contribution in [0.3, 0.4) is 0 Å². The Morgan fingerprint density at radius 1 is 1.13 bits per heavy atom. The minimum absolute atomic E-state index is 1.33. The van der Waals surface area contributed by atoms with Crippen LogP contribution in [0.15, 0.2) is 42.5 Å². The molecule has 0 bridgehead atoms. The van der Waals surface area contributed by atoms with Crippen molar-refractivity contribution in [2.45, 2.75) is 6.92 Å². The zero-order valence-corrected chi connectivity index (χ0v) is 9.85. The van der Waals surface area contributed by atoms with Crippen LogP contribution in [0.5, 0.6) is 0 Å². The van der Waals surface area contributed by atoms with Crippen LogP contribution < -0.4 is 0 Å². The smallest absolute Gasteiger partial charge is 0.0155 e. The van der Waals surface area contributed by atoms with E-state index in [1.54, 1.807) is 0 Å². The lowest BCUT2D eigenvalue weighted by Gasteiger charge is -1.98. The molecule has 0 amide bonds. The topological polar surface area (TPSA) is 37.3 Å². The van der Waals surface area contributed by atoms with E-state index in [2.05, 4.69) is 60.6 Å². The van der Waals surface area contributed by atoms with Crippen molar-refractivity contribution in [2.75, 3.05) is 0 Å². The van der Waals surface area contributed by atoms with Gasteiger partial charge in [-0.1, -0.05) is 52.1 Å². The Kier molecular flexibility index (Phi) is 4.68. The predicted molar refractivity (Wildman–Crippen MR) is 66.7 cm³/mol. The highest BCUT2D eigenvalue weighted by Gasteiger charge is 1.91. The molecule has 80 valence electrons. The molecule has 2 rings (SSSR count). The Morgan fingerprint density at radius 3 is 2.27 bits per heavy atom. The summed E-state index contributed by atoms with van der Waals surface area (Å²) in [6.07, 6.45) is 0. The molecule has 0 radical (unpaired) electrons. The Labute approximate surface area is 95.5 Å². The largest absolute Gasteiger partial charge is 0.459 e. The molecule has 0 aromatic heterocycles. The van der Waals surface area contributed by atoms with Crippen molar-refractivity contribution >= 4 is 31.6 Å². The van der Waals surface area contributed by atoms with Gasteiger partial charge in [-0.3, -0.25) is 0 Å². The first-order valence-electron chi connectivity index (χ1n) is 4.34. The van der Waals surface area contributed by atoms with Gasteiger partial charge in [0.15, 0.2) is 0 Å². The molecule has 0 aliphatic rings. The lowest BCUT2D eigenvalue weighted by Crippen LogP contribution is -1.75. The van der Waals surface area contributed by atoms with E-state index in [0.717, 1.165) is 0 Å². The summed E-state index contributed by atoms with van der Waals surface area (Å²) >= 11 is 3.65. The maximum absolute atomic E-state index is 8.93. The van der Waals surface area contributed by atoms with Crippen LogP contribution in [0.1, 0.15) is 5.56 Å². The lowest BCUT2D eigenvalue weighted by molar-refractivity contribution is 0.536. The molecule has 0 saturated heterocycles. The highest BCUT2D eigenvalue weighted by Crippen LogP contribution is 2.16. The quantitative estimate of drug-likeness (QED) is 0.567. The van der Waals surface area contributed by atoms with Gasteiger partial charge in [0.1, 0.15) is 0 Å². The van der Waals surface area contributed by atoms with Gasteiger partial charge in [-0.2, -0.15) is 0 Å². The molecule has 0 aliphatic carbocycles. The van der Waals surface area contributed by atoms with Crippen molar-refractivity contribution in [3.63, 3.8) is 0 Å². The second-order valence-electron chi connectivity index (χ2n) is 3.01. The fraction of sp³-hybridized carbons (Fsp3) is 0.0909. The molecule has 0 fully saturated rings.